The molecular weight excluding hydrogens is 248 g/mol. The third-order valence-electron chi connectivity index (χ3n) is 2.98. The van der Waals surface area contributed by atoms with Gasteiger partial charge in [0.2, 0.25) is 0 Å². The fraction of sp³-hybridized carbons (Fsp3) is 0.385. The Morgan fingerprint density at radius 1 is 1.42 bits per heavy atom. The molecule has 0 amide bonds. The number of benzene rings is 1. The minimum Gasteiger partial charge on any atom is -0.481 e. The molecule has 0 unspecified atom stereocenters. The largest absolute Gasteiger partial charge is 0.481 e. The molecule has 1 heterocycles. The van der Waals surface area contributed by atoms with Crippen LogP contribution in [-0.2, 0) is 4.79 Å². The molecule has 0 aliphatic heterocycles. The van der Waals surface area contributed by atoms with Crippen LogP contribution in [0.4, 0.5) is 5.69 Å². The Morgan fingerprint density at radius 3 is 2.95 bits per heavy atom. The molecule has 6 nitrogen and oxygen atoms in total. The van der Waals surface area contributed by atoms with Crippen molar-refractivity contribution in [1.82, 2.24) is 4.98 Å². The molecule has 0 saturated carbocycles. The van der Waals surface area contributed by atoms with Gasteiger partial charge in [0.15, 0.2) is 5.58 Å². The van der Waals surface area contributed by atoms with E-state index >= 15 is 0 Å². The summed E-state index contributed by atoms with van der Waals surface area (Å²) in [7, 11) is 1.92. The normalized spacial score (nSPS) is 10.8. The van der Waals surface area contributed by atoms with Gasteiger partial charge in [-0.05, 0) is 25.0 Å². The molecule has 0 bridgehead atoms. The Kier molecular flexibility index (Phi) is 3.89. The van der Waals surface area contributed by atoms with Gasteiger partial charge >= 0.3 is 11.7 Å². The first kappa shape index (κ1) is 13.2. The standard InChI is InChI=1S/C13H16N2O4/c1-15(7-3-2-4-12(16)17)9-5-6-10-11(8-9)19-13(18)14-10/h5-6,8H,2-4,7H2,1H3,(H,14,18)(H,16,17). The van der Waals surface area contributed by atoms with Crippen LogP contribution in [0.25, 0.3) is 11.1 Å². The van der Waals surface area contributed by atoms with Gasteiger partial charge in [0, 0.05) is 31.8 Å². The molecule has 1 aromatic carbocycles. The molecule has 102 valence electrons. The van der Waals surface area contributed by atoms with E-state index in [0.717, 1.165) is 18.7 Å². The summed E-state index contributed by atoms with van der Waals surface area (Å²) in [6.07, 6.45) is 1.65. The van der Waals surface area contributed by atoms with Crippen molar-refractivity contribution in [2.45, 2.75) is 19.3 Å². The Balaban J connectivity index is 1.98. The monoisotopic (exact) mass is 264 g/mol. The fourth-order valence-corrected chi connectivity index (χ4v) is 1.93. The molecule has 0 saturated heterocycles. The van der Waals surface area contributed by atoms with Gasteiger partial charge in [0.25, 0.3) is 0 Å². The number of aromatic amines is 1. The molecule has 0 aliphatic rings. The second-order valence-corrected chi connectivity index (χ2v) is 4.47. The number of carboxylic acids is 1. The molecule has 0 aliphatic carbocycles. The van der Waals surface area contributed by atoms with E-state index < -0.39 is 11.7 Å². The highest BCUT2D eigenvalue weighted by Gasteiger charge is 2.06. The second kappa shape index (κ2) is 5.60. The van der Waals surface area contributed by atoms with Crippen molar-refractivity contribution in [2.24, 2.45) is 0 Å². The molecule has 0 atom stereocenters. The lowest BCUT2D eigenvalue weighted by Gasteiger charge is -2.18. The van der Waals surface area contributed by atoms with Crippen LogP contribution < -0.4 is 10.7 Å². The van der Waals surface area contributed by atoms with Gasteiger partial charge in [-0.25, -0.2) is 4.79 Å². The zero-order chi connectivity index (χ0) is 13.8. The number of aliphatic carboxylic acids is 1. The number of anilines is 1. The summed E-state index contributed by atoms with van der Waals surface area (Å²) in [4.78, 5) is 26.0. The highest BCUT2D eigenvalue weighted by atomic mass is 16.4. The van der Waals surface area contributed by atoms with Crippen molar-refractivity contribution in [3.63, 3.8) is 0 Å². The Labute approximate surface area is 109 Å². The summed E-state index contributed by atoms with van der Waals surface area (Å²) in [5.74, 6) is -1.23. The predicted octanol–water partition coefficient (Wildman–Crippen LogP) is 1.81. The van der Waals surface area contributed by atoms with Crippen molar-refractivity contribution >= 4 is 22.8 Å². The van der Waals surface area contributed by atoms with E-state index in [1.165, 1.54) is 0 Å². The van der Waals surface area contributed by atoms with Gasteiger partial charge in [-0.15, -0.1) is 0 Å². The number of rotatable bonds is 6. The first-order valence-electron chi connectivity index (χ1n) is 6.12. The van der Waals surface area contributed by atoms with Gasteiger partial charge in [-0.1, -0.05) is 0 Å². The maximum absolute atomic E-state index is 11.1. The van der Waals surface area contributed by atoms with Crippen LogP contribution in [0.15, 0.2) is 27.4 Å². The molecule has 2 aromatic rings. The number of carbonyl (C=O) groups is 1. The van der Waals surface area contributed by atoms with Crippen LogP contribution >= 0.6 is 0 Å². The van der Waals surface area contributed by atoms with Gasteiger partial charge in [0.05, 0.1) is 5.52 Å². The van der Waals surface area contributed by atoms with E-state index in [-0.39, 0.29) is 6.42 Å². The lowest BCUT2D eigenvalue weighted by molar-refractivity contribution is -0.137. The predicted molar refractivity (Wildman–Crippen MR) is 71.6 cm³/mol. The summed E-state index contributed by atoms with van der Waals surface area (Å²) in [5, 5.41) is 8.56. The number of hydrogen-bond acceptors (Lipinski definition) is 4. The maximum Gasteiger partial charge on any atom is 0.417 e. The lowest BCUT2D eigenvalue weighted by Crippen LogP contribution is -2.18. The number of carboxylic acid groups (broad SMARTS) is 1. The third-order valence-corrected chi connectivity index (χ3v) is 2.98. The average molecular weight is 264 g/mol. The minimum absolute atomic E-state index is 0.194. The lowest BCUT2D eigenvalue weighted by atomic mass is 10.2. The van der Waals surface area contributed by atoms with Crippen molar-refractivity contribution in [3.8, 4) is 0 Å². The summed E-state index contributed by atoms with van der Waals surface area (Å²) in [6, 6.07) is 5.48. The molecule has 0 spiro atoms. The smallest absolute Gasteiger partial charge is 0.417 e. The Bertz CT molecular complexity index is 629. The summed E-state index contributed by atoms with van der Waals surface area (Å²) >= 11 is 0. The molecule has 0 radical (unpaired) electrons. The van der Waals surface area contributed by atoms with E-state index in [9.17, 15) is 9.59 Å². The van der Waals surface area contributed by atoms with E-state index in [1.54, 1.807) is 12.1 Å². The summed E-state index contributed by atoms with van der Waals surface area (Å²) in [6.45, 7) is 0.757. The minimum atomic E-state index is -0.766. The van der Waals surface area contributed by atoms with Crippen molar-refractivity contribution in [1.29, 1.82) is 0 Å². The topological polar surface area (TPSA) is 86.5 Å². The van der Waals surface area contributed by atoms with Gasteiger partial charge < -0.3 is 14.4 Å². The number of hydrogen-bond donors (Lipinski definition) is 2. The SMILES string of the molecule is CN(CCCCC(=O)O)c1ccc2[nH]c(=O)oc2c1. The van der Waals surface area contributed by atoms with E-state index in [4.69, 9.17) is 9.52 Å². The number of unbranched alkanes of at least 4 members (excludes halogenated alkanes) is 1. The molecule has 2 rings (SSSR count). The van der Waals surface area contributed by atoms with Crippen LogP contribution in [0, 0.1) is 0 Å². The van der Waals surface area contributed by atoms with Gasteiger partial charge in [-0.2, -0.15) is 0 Å². The van der Waals surface area contributed by atoms with E-state index in [1.807, 2.05) is 18.0 Å². The first-order valence-corrected chi connectivity index (χ1v) is 6.12. The molecule has 19 heavy (non-hydrogen) atoms. The maximum atomic E-state index is 11.1. The quantitative estimate of drug-likeness (QED) is 0.777. The van der Waals surface area contributed by atoms with Crippen LogP contribution in [0.5, 0.6) is 0 Å². The molecule has 2 N–H and O–H groups in total. The molecule has 6 heteroatoms. The fourth-order valence-electron chi connectivity index (χ4n) is 1.93. The summed E-state index contributed by atoms with van der Waals surface area (Å²) in [5.41, 5.74) is 2.14. The van der Waals surface area contributed by atoms with Crippen LogP contribution in [-0.4, -0.2) is 29.7 Å². The number of aromatic nitrogens is 1. The molecule has 0 fully saturated rings. The van der Waals surface area contributed by atoms with Gasteiger partial charge in [0.1, 0.15) is 0 Å². The number of H-pyrrole nitrogens is 1. The number of nitrogens with one attached hydrogen (secondary N) is 1. The highest BCUT2D eigenvalue weighted by Crippen LogP contribution is 2.19. The Hall–Kier alpha value is -2.24. The Morgan fingerprint density at radius 2 is 2.21 bits per heavy atom. The first-order chi connectivity index (χ1) is 9.06. The number of oxazole rings is 1. The molecule has 1 aromatic heterocycles. The number of fused-ring (bicyclic) bond motifs is 1. The number of nitrogens with zero attached hydrogens (tertiary/aromatic N) is 1. The molecular formula is C13H16N2O4. The zero-order valence-corrected chi connectivity index (χ0v) is 10.7. The average Bonchev–Trinajstić information content (AvgIpc) is 2.73. The van der Waals surface area contributed by atoms with E-state index in [0.29, 0.717) is 17.5 Å². The van der Waals surface area contributed by atoms with Gasteiger partial charge in [-0.3, -0.25) is 9.78 Å². The van der Waals surface area contributed by atoms with E-state index in [2.05, 4.69) is 4.98 Å². The third kappa shape index (κ3) is 3.37. The van der Waals surface area contributed by atoms with Crippen molar-refractivity contribution in [3.05, 3.63) is 28.7 Å². The van der Waals surface area contributed by atoms with Crippen molar-refractivity contribution in [2.75, 3.05) is 18.5 Å². The van der Waals surface area contributed by atoms with Crippen molar-refractivity contribution < 1.29 is 14.3 Å². The highest BCUT2D eigenvalue weighted by molar-refractivity contribution is 5.77. The van der Waals surface area contributed by atoms with Crippen LogP contribution in [0.3, 0.4) is 0 Å². The van der Waals surface area contributed by atoms with Crippen LogP contribution in [0.1, 0.15) is 19.3 Å². The second-order valence-electron chi connectivity index (χ2n) is 4.47. The summed E-state index contributed by atoms with van der Waals surface area (Å²) < 4.78 is 5.00. The zero-order valence-electron chi connectivity index (χ0n) is 10.7. The van der Waals surface area contributed by atoms with Crippen LogP contribution in [0.2, 0.25) is 0 Å².